The van der Waals surface area contributed by atoms with Crippen LogP contribution < -0.4 is 5.73 Å². The number of hydrogen-bond acceptors (Lipinski definition) is 3. The second-order valence-electron chi connectivity index (χ2n) is 4.81. The zero-order valence-corrected chi connectivity index (χ0v) is 12.7. The lowest BCUT2D eigenvalue weighted by Crippen LogP contribution is -2.11. The molecule has 0 radical (unpaired) electrons. The van der Waals surface area contributed by atoms with Gasteiger partial charge < -0.3 is 5.73 Å². The number of benzene rings is 1. The summed E-state index contributed by atoms with van der Waals surface area (Å²) in [7, 11) is 0. The van der Waals surface area contributed by atoms with Crippen molar-refractivity contribution in [1.29, 1.82) is 0 Å². The molecular weight excluding hydrogens is 299 g/mol. The number of halogens is 2. The van der Waals surface area contributed by atoms with Crippen molar-refractivity contribution in [2.75, 3.05) is 0 Å². The van der Waals surface area contributed by atoms with Gasteiger partial charge in [0.1, 0.15) is 5.01 Å². The van der Waals surface area contributed by atoms with Crippen LogP contribution in [0, 0.1) is 0 Å². The highest BCUT2D eigenvalue weighted by Gasteiger charge is 2.20. The third-order valence-corrected chi connectivity index (χ3v) is 5.05. The first-order chi connectivity index (χ1) is 9.13. The summed E-state index contributed by atoms with van der Waals surface area (Å²) in [5.74, 6) is 0. The van der Waals surface area contributed by atoms with Gasteiger partial charge in [0, 0.05) is 14.9 Å². The van der Waals surface area contributed by atoms with Crippen LogP contribution >= 0.6 is 34.5 Å². The average molecular weight is 313 g/mol. The van der Waals surface area contributed by atoms with Crippen molar-refractivity contribution < 1.29 is 0 Å². The van der Waals surface area contributed by atoms with E-state index in [4.69, 9.17) is 33.9 Å². The summed E-state index contributed by atoms with van der Waals surface area (Å²) < 4.78 is 0. The average Bonchev–Trinajstić information content (AvgIpc) is 2.80. The van der Waals surface area contributed by atoms with E-state index >= 15 is 0 Å². The summed E-state index contributed by atoms with van der Waals surface area (Å²) in [6.07, 6.45) is 4.70. The Bertz CT molecular complexity index is 566. The van der Waals surface area contributed by atoms with Crippen molar-refractivity contribution in [3.05, 3.63) is 49.4 Å². The molecule has 2 aromatic rings. The summed E-state index contributed by atoms with van der Waals surface area (Å²) in [5.41, 5.74) is 8.45. The number of aryl methyl sites for hydroxylation is 2. The van der Waals surface area contributed by atoms with E-state index in [1.165, 1.54) is 23.4 Å². The van der Waals surface area contributed by atoms with Crippen LogP contribution in [0.4, 0.5) is 0 Å². The molecule has 1 aromatic carbocycles. The Hall–Kier alpha value is -0.610. The summed E-state index contributed by atoms with van der Waals surface area (Å²) in [6.45, 7) is 0. The van der Waals surface area contributed by atoms with E-state index in [1.807, 2.05) is 12.1 Å². The van der Waals surface area contributed by atoms with Crippen LogP contribution in [0.5, 0.6) is 0 Å². The first kappa shape index (κ1) is 13.4. The molecule has 0 bridgehead atoms. The Morgan fingerprint density at radius 1 is 1.11 bits per heavy atom. The molecule has 5 heteroatoms. The molecule has 3 rings (SSSR count). The maximum atomic E-state index is 6.30. The molecule has 0 spiro atoms. The second-order valence-corrected chi connectivity index (χ2v) is 6.80. The van der Waals surface area contributed by atoms with Crippen molar-refractivity contribution in [2.24, 2.45) is 5.73 Å². The van der Waals surface area contributed by atoms with E-state index in [-0.39, 0.29) is 6.04 Å². The smallest absolute Gasteiger partial charge is 0.114 e. The number of fused-ring (bicyclic) bond motifs is 1. The van der Waals surface area contributed by atoms with Crippen LogP contribution in [0.3, 0.4) is 0 Å². The molecule has 0 amide bonds. The lowest BCUT2D eigenvalue weighted by atomic mass is 10.0. The van der Waals surface area contributed by atoms with Crippen LogP contribution in [0.1, 0.15) is 40.0 Å². The van der Waals surface area contributed by atoms with Gasteiger partial charge in [-0.05, 0) is 49.4 Å². The standard InChI is InChI=1S/C14H14Cl2N2S/c15-9-5-8(6-10(16)7-9)13(17)14-18-11-3-1-2-4-12(11)19-14/h5-7,13H,1-4,17H2. The van der Waals surface area contributed by atoms with E-state index in [9.17, 15) is 0 Å². The van der Waals surface area contributed by atoms with Crippen molar-refractivity contribution in [3.63, 3.8) is 0 Å². The minimum atomic E-state index is -0.244. The number of rotatable bonds is 2. The third-order valence-electron chi connectivity index (χ3n) is 3.37. The largest absolute Gasteiger partial charge is 0.318 e. The Balaban J connectivity index is 1.94. The van der Waals surface area contributed by atoms with Gasteiger partial charge >= 0.3 is 0 Å². The SMILES string of the molecule is NC(c1cc(Cl)cc(Cl)c1)c1nc2c(s1)CCCC2. The normalized spacial score (nSPS) is 16.2. The van der Waals surface area contributed by atoms with Crippen LogP contribution in [-0.2, 0) is 12.8 Å². The molecule has 1 heterocycles. The van der Waals surface area contributed by atoms with Gasteiger partial charge in [0.05, 0.1) is 11.7 Å². The second kappa shape index (κ2) is 5.41. The molecule has 2 N–H and O–H groups in total. The van der Waals surface area contributed by atoms with Crippen LogP contribution in [0.25, 0.3) is 0 Å². The maximum Gasteiger partial charge on any atom is 0.114 e. The molecule has 1 aromatic heterocycles. The van der Waals surface area contributed by atoms with Crippen LogP contribution in [0.2, 0.25) is 10.0 Å². The van der Waals surface area contributed by atoms with Crippen molar-refractivity contribution >= 4 is 34.5 Å². The number of nitrogens with two attached hydrogens (primary N) is 1. The van der Waals surface area contributed by atoms with Gasteiger partial charge in [-0.3, -0.25) is 0 Å². The Morgan fingerprint density at radius 2 is 1.79 bits per heavy atom. The highest BCUT2D eigenvalue weighted by Crippen LogP contribution is 2.33. The van der Waals surface area contributed by atoms with Crippen molar-refractivity contribution in [3.8, 4) is 0 Å². The van der Waals surface area contributed by atoms with E-state index in [0.29, 0.717) is 10.0 Å². The third kappa shape index (κ3) is 2.79. The van der Waals surface area contributed by atoms with Gasteiger partial charge in [0.25, 0.3) is 0 Å². The van der Waals surface area contributed by atoms with Gasteiger partial charge in [-0.25, -0.2) is 4.98 Å². The predicted molar refractivity (Wildman–Crippen MR) is 81.2 cm³/mol. The van der Waals surface area contributed by atoms with Gasteiger partial charge in [-0.15, -0.1) is 11.3 Å². The molecule has 1 aliphatic rings. The van der Waals surface area contributed by atoms with E-state index in [0.717, 1.165) is 23.4 Å². The Morgan fingerprint density at radius 3 is 2.47 bits per heavy atom. The van der Waals surface area contributed by atoms with Crippen molar-refractivity contribution in [2.45, 2.75) is 31.7 Å². The van der Waals surface area contributed by atoms with E-state index < -0.39 is 0 Å². The monoisotopic (exact) mass is 312 g/mol. The summed E-state index contributed by atoms with van der Waals surface area (Å²) >= 11 is 13.8. The lowest BCUT2D eigenvalue weighted by molar-refractivity contribution is 0.678. The summed E-state index contributed by atoms with van der Waals surface area (Å²) in [4.78, 5) is 6.09. The molecule has 0 saturated carbocycles. The number of nitrogens with zero attached hydrogens (tertiary/aromatic N) is 1. The van der Waals surface area contributed by atoms with Crippen LogP contribution in [-0.4, -0.2) is 4.98 Å². The molecule has 0 fully saturated rings. The summed E-state index contributed by atoms with van der Waals surface area (Å²) in [5, 5.41) is 2.18. The fourth-order valence-electron chi connectivity index (χ4n) is 2.40. The zero-order valence-electron chi connectivity index (χ0n) is 10.3. The highest BCUT2D eigenvalue weighted by molar-refractivity contribution is 7.11. The lowest BCUT2D eigenvalue weighted by Gasteiger charge is -2.09. The molecule has 0 aliphatic heterocycles. The van der Waals surface area contributed by atoms with Gasteiger partial charge in [0.15, 0.2) is 0 Å². The highest BCUT2D eigenvalue weighted by atomic mass is 35.5. The van der Waals surface area contributed by atoms with Gasteiger partial charge in [0.2, 0.25) is 0 Å². The maximum absolute atomic E-state index is 6.30. The number of aromatic nitrogens is 1. The topological polar surface area (TPSA) is 38.9 Å². The Labute approximate surface area is 126 Å². The number of thiazole rings is 1. The minimum Gasteiger partial charge on any atom is -0.318 e. The minimum absolute atomic E-state index is 0.244. The summed E-state index contributed by atoms with van der Waals surface area (Å²) in [6, 6.07) is 5.19. The first-order valence-electron chi connectivity index (χ1n) is 6.33. The fourth-order valence-corrected chi connectivity index (χ4v) is 4.13. The molecular formula is C14H14Cl2N2S. The predicted octanol–water partition coefficient (Wildman–Crippen LogP) is 4.38. The molecule has 1 unspecified atom stereocenters. The molecule has 1 aliphatic carbocycles. The van der Waals surface area contributed by atoms with Crippen molar-refractivity contribution in [1.82, 2.24) is 4.98 Å². The Kier molecular flexibility index (Phi) is 3.81. The molecule has 1 atom stereocenters. The van der Waals surface area contributed by atoms with Crippen LogP contribution in [0.15, 0.2) is 18.2 Å². The fraction of sp³-hybridized carbons (Fsp3) is 0.357. The first-order valence-corrected chi connectivity index (χ1v) is 7.91. The number of hydrogen-bond donors (Lipinski definition) is 1. The zero-order chi connectivity index (χ0) is 13.4. The quantitative estimate of drug-likeness (QED) is 0.894. The van der Waals surface area contributed by atoms with Gasteiger partial charge in [-0.2, -0.15) is 0 Å². The van der Waals surface area contributed by atoms with E-state index in [2.05, 4.69) is 0 Å². The van der Waals surface area contributed by atoms with E-state index in [1.54, 1.807) is 17.4 Å². The van der Waals surface area contributed by atoms with Gasteiger partial charge in [-0.1, -0.05) is 23.2 Å². The molecule has 0 saturated heterocycles. The molecule has 100 valence electrons. The molecule has 2 nitrogen and oxygen atoms in total. The molecule has 19 heavy (non-hydrogen) atoms.